The van der Waals surface area contributed by atoms with E-state index in [-0.39, 0.29) is 5.91 Å². The predicted molar refractivity (Wildman–Crippen MR) is 107 cm³/mol. The minimum Gasteiger partial charge on any atom is -0.496 e. The first-order valence-corrected chi connectivity index (χ1v) is 9.76. The van der Waals surface area contributed by atoms with Gasteiger partial charge in [0.15, 0.2) is 5.17 Å². The van der Waals surface area contributed by atoms with Crippen LogP contribution in [-0.2, 0) is 9.53 Å². The summed E-state index contributed by atoms with van der Waals surface area (Å²) in [6, 6.07) is 6.11. The third kappa shape index (κ3) is 3.88. The Balaban J connectivity index is 1.88. The fourth-order valence-electron chi connectivity index (χ4n) is 3.02. The molecule has 2 fully saturated rings. The van der Waals surface area contributed by atoms with Gasteiger partial charge in [-0.05, 0) is 43.8 Å². The van der Waals surface area contributed by atoms with Crippen molar-refractivity contribution in [1.29, 1.82) is 0 Å². The summed E-state index contributed by atoms with van der Waals surface area (Å²) in [6.45, 7) is 8.45. The number of amides is 1. The summed E-state index contributed by atoms with van der Waals surface area (Å²) in [5, 5.41) is 0.773. The van der Waals surface area contributed by atoms with Crippen LogP contribution in [0.4, 0.5) is 5.69 Å². The number of nitrogens with zero attached hydrogens (tertiary/aromatic N) is 3. The Kier molecular flexibility index (Phi) is 6.21. The highest BCUT2D eigenvalue weighted by Gasteiger charge is 2.32. The Labute approximate surface area is 158 Å². The van der Waals surface area contributed by atoms with E-state index in [1.54, 1.807) is 12.0 Å². The molecule has 7 heteroatoms. The van der Waals surface area contributed by atoms with Crippen molar-refractivity contribution in [2.75, 3.05) is 51.4 Å². The van der Waals surface area contributed by atoms with Gasteiger partial charge in [-0.2, -0.15) is 0 Å². The number of amidine groups is 1. The molecule has 0 radical (unpaired) electrons. The molecule has 6 nitrogen and oxygen atoms in total. The molecule has 0 N–H and O–H groups in total. The van der Waals surface area contributed by atoms with Gasteiger partial charge < -0.3 is 14.4 Å². The highest BCUT2D eigenvalue weighted by atomic mass is 32.2. The molecule has 0 unspecified atom stereocenters. The molecule has 2 aliphatic rings. The van der Waals surface area contributed by atoms with Crippen molar-refractivity contribution >= 4 is 34.6 Å². The molecule has 2 saturated heterocycles. The Morgan fingerprint density at radius 3 is 2.73 bits per heavy atom. The average Bonchev–Trinajstić information content (AvgIpc) is 2.97. The van der Waals surface area contributed by atoms with Crippen LogP contribution < -0.4 is 9.64 Å². The van der Waals surface area contributed by atoms with E-state index in [4.69, 9.17) is 9.47 Å². The van der Waals surface area contributed by atoms with Crippen LogP contribution in [0.25, 0.3) is 6.08 Å². The largest absolute Gasteiger partial charge is 0.496 e. The van der Waals surface area contributed by atoms with Gasteiger partial charge in [-0.1, -0.05) is 0 Å². The topological polar surface area (TPSA) is 54.4 Å². The molecule has 0 aromatic heterocycles. The van der Waals surface area contributed by atoms with E-state index < -0.39 is 0 Å². The van der Waals surface area contributed by atoms with Crippen LogP contribution in [0.1, 0.15) is 19.4 Å². The number of benzene rings is 1. The number of ether oxygens (including phenoxy) is 2. The number of hydrogen-bond acceptors (Lipinski definition) is 6. The monoisotopic (exact) mass is 375 g/mol. The van der Waals surface area contributed by atoms with Crippen molar-refractivity contribution in [3.63, 3.8) is 0 Å². The highest BCUT2D eigenvalue weighted by Crippen LogP contribution is 2.35. The van der Waals surface area contributed by atoms with Gasteiger partial charge in [-0.3, -0.25) is 14.7 Å². The third-order valence-electron chi connectivity index (χ3n) is 4.38. The van der Waals surface area contributed by atoms with Crippen LogP contribution in [0.5, 0.6) is 5.75 Å². The molecule has 0 bridgehead atoms. The second kappa shape index (κ2) is 8.60. The van der Waals surface area contributed by atoms with Crippen LogP contribution in [0.15, 0.2) is 28.1 Å². The molecule has 26 heavy (non-hydrogen) atoms. The zero-order chi connectivity index (χ0) is 18.5. The lowest BCUT2D eigenvalue weighted by Crippen LogP contribution is -2.36. The lowest BCUT2D eigenvalue weighted by Gasteiger charge is -2.29. The van der Waals surface area contributed by atoms with Gasteiger partial charge in [0.25, 0.3) is 5.91 Å². The zero-order valence-corrected chi connectivity index (χ0v) is 16.3. The molecular weight excluding hydrogens is 350 g/mol. The smallest absolute Gasteiger partial charge is 0.266 e. The van der Waals surface area contributed by atoms with Crippen molar-refractivity contribution < 1.29 is 14.3 Å². The number of carbonyl (C=O) groups is 1. The third-order valence-corrected chi connectivity index (χ3v) is 5.42. The van der Waals surface area contributed by atoms with Gasteiger partial charge in [0.2, 0.25) is 0 Å². The standard InChI is InChI=1S/C19H25N3O3S/c1-4-20-19-22(5-2)18(23)17(26-19)12-14-6-7-15(13-16(14)24-3)21-8-10-25-11-9-21/h6-7,12-13H,4-5,8-11H2,1-3H3/b17-12-,20-19?. The SMILES string of the molecule is CCN=C1S/C(=C\c2ccc(N3CCOCC3)cc2OC)C(=O)N1CC. The molecule has 0 atom stereocenters. The summed E-state index contributed by atoms with van der Waals surface area (Å²) in [7, 11) is 1.66. The normalized spacial score (nSPS) is 21.1. The summed E-state index contributed by atoms with van der Waals surface area (Å²) in [4.78, 5) is 21.7. The lowest BCUT2D eigenvalue weighted by molar-refractivity contribution is -0.122. The Morgan fingerprint density at radius 2 is 2.08 bits per heavy atom. The summed E-state index contributed by atoms with van der Waals surface area (Å²) in [5.41, 5.74) is 2.01. The number of carbonyl (C=O) groups excluding carboxylic acids is 1. The first-order chi connectivity index (χ1) is 12.7. The number of aliphatic imine (C=N–C) groups is 1. The Morgan fingerprint density at radius 1 is 1.31 bits per heavy atom. The number of likely N-dealkylation sites (N-methyl/N-ethyl adjacent to an activating group) is 1. The molecule has 3 rings (SSSR count). The van der Waals surface area contributed by atoms with Gasteiger partial charge in [-0.15, -0.1) is 0 Å². The molecule has 1 amide bonds. The maximum atomic E-state index is 12.6. The first kappa shape index (κ1) is 18.8. The summed E-state index contributed by atoms with van der Waals surface area (Å²) in [6.07, 6.45) is 1.90. The maximum Gasteiger partial charge on any atom is 0.266 e. The van der Waals surface area contributed by atoms with Crippen molar-refractivity contribution in [3.05, 3.63) is 28.7 Å². The van der Waals surface area contributed by atoms with E-state index in [2.05, 4.69) is 16.0 Å². The van der Waals surface area contributed by atoms with E-state index >= 15 is 0 Å². The van der Waals surface area contributed by atoms with E-state index in [9.17, 15) is 4.79 Å². The number of methoxy groups -OCH3 is 1. The van der Waals surface area contributed by atoms with Crippen LogP contribution in [0, 0.1) is 0 Å². The predicted octanol–water partition coefficient (Wildman–Crippen LogP) is 2.84. The Hall–Kier alpha value is -1.99. The van der Waals surface area contributed by atoms with Crippen LogP contribution >= 0.6 is 11.8 Å². The number of anilines is 1. The van der Waals surface area contributed by atoms with Gasteiger partial charge in [0, 0.05) is 43.5 Å². The second-order valence-corrected chi connectivity index (χ2v) is 6.95. The molecule has 140 valence electrons. The summed E-state index contributed by atoms with van der Waals surface area (Å²) >= 11 is 1.43. The molecule has 0 saturated carbocycles. The fraction of sp³-hybridized carbons (Fsp3) is 0.474. The van der Waals surface area contributed by atoms with Gasteiger partial charge >= 0.3 is 0 Å². The highest BCUT2D eigenvalue weighted by molar-refractivity contribution is 8.18. The molecular formula is C19H25N3O3S. The summed E-state index contributed by atoms with van der Waals surface area (Å²) in [5.74, 6) is 0.767. The second-order valence-electron chi connectivity index (χ2n) is 5.94. The number of morpholine rings is 1. The van der Waals surface area contributed by atoms with Crippen LogP contribution in [-0.4, -0.2) is 62.5 Å². The molecule has 1 aromatic carbocycles. The average molecular weight is 375 g/mol. The summed E-state index contributed by atoms with van der Waals surface area (Å²) < 4.78 is 11.0. The van der Waals surface area contributed by atoms with Crippen molar-refractivity contribution in [1.82, 2.24) is 4.90 Å². The van der Waals surface area contributed by atoms with Crippen molar-refractivity contribution in [2.45, 2.75) is 13.8 Å². The van der Waals surface area contributed by atoms with E-state index in [0.717, 1.165) is 48.5 Å². The fourth-order valence-corrected chi connectivity index (χ4v) is 4.11. The number of rotatable bonds is 5. The lowest BCUT2D eigenvalue weighted by atomic mass is 10.1. The maximum absolute atomic E-state index is 12.6. The van der Waals surface area contributed by atoms with Gasteiger partial charge in [0.05, 0.1) is 25.2 Å². The minimum absolute atomic E-state index is 0.00371. The quantitative estimate of drug-likeness (QED) is 0.741. The Bertz CT molecular complexity index is 727. The van der Waals surface area contributed by atoms with Crippen molar-refractivity contribution in [3.8, 4) is 5.75 Å². The van der Waals surface area contributed by atoms with Crippen LogP contribution in [0.2, 0.25) is 0 Å². The molecule has 0 aliphatic carbocycles. The zero-order valence-electron chi connectivity index (χ0n) is 15.5. The molecule has 0 spiro atoms. The number of thioether (sulfide) groups is 1. The minimum atomic E-state index is 0.00371. The van der Waals surface area contributed by atoms with Gasteiger partial charge in [0.1, 0.15) is 5.75 Å². The van der Waals surface area contributed by atoms with Crippen LogP contribution in [0.3, 0.4) is 0 Å². The first-order valence-electron chi connectivity index (χ1n) is 8.94. The molecule has 1 aromatic rings. The van der Waals surface area contributed by atoms with E-state index in [1.807, 2.05) is 32.1 Å². The van der Waals surface area contributed by atoms with Crippen molar-refractivity contribution in [2.24, 2.45) is 4.99 Å². The van der Waals surface area contributed by atoms with Gasteiger partial charge in [-0.25, -0.2) is 0 Å². The number of hydrogen-bond donors (Lipinski definition) is 0. The molecule has 2 heterocycles. The van der Waals surface area contributed by atoms with E-state index in [0.29, 0.717) is 18.0 Å². The van der Waals surface area contributed by atoms with E-state index in [1.165, 1.54) is 11.8 Å². The molecule has 2 aliphatic heterocycles.